The van der Waals surface area contributed by atoms with Crippen molar-refractivity contribution in [2.24, 2.45) is 5.92 Å². The fourth-order valence-electron chi connectivity index (χ4n) is 4.66. The maximum atomic E-state index is 15.1. The van der Waals surface area contributed by atoms with Crippen LogP contribution >= 0.6 is 0 Å². The molecule has 1 spiro atoms. The summed E-state index contributed by atoms with van der Waals surface area (Å²) in [6, 6.07) is 3.42. The zero-order chi connectivity index (χ0) is 17.8. The number of amides is 1. The minimum Gasteiger partial charge on any atom is -0.469 e. The lowest BCUT2D eigenvalue weighted by atomic mass is 9.70. The zero-order valence-electron chi connectivity index (χ0n) is 14.7. The maximum absolute atomic E-state index is 15.1. The van der Waals surface area contributed by atoms with E-state index in [9.17, 15) is 9.59 Å². The number of hydrogen-bond acceptors (Lipinski definition) is 4. The first kappa shape index (κ1) is 16.4. The Morgan fingerprint density at radius 2 is 1.92 bits per heavy atom. The van der Waals surface area contributed by atoms with Crippen molar-refractivity contribution in [1.29, 1.82) is 0 Å². The van der Waals surface area contributed by atoms with Gasteiger partial charge in [-0.05, 0) is 25.0 Å². The molecule has 1 amide bonds. The Hall–Kier alpha value is -2.11. The van der Waals surface area contributed by atoms with Crippen LogP contribution in [0.5, 0.6) is 0 Å². The number of esters is 1. The molecule has 1 aliphatic carbocycles. The summed E-state index contributed by atoms with van der Waals surface area (Å²) in [4.78, 5) is 28.0. The molecule has 2 aliphatic heterocycles. The highest BCUT2D eigenvalue weighted by atomic mass is 19.1. The number of carbonyl (C=O) groups is 2. The van der Waals surface area contributed by atoms with E-state index in [1.54, 1.807) is 11.9 Å². The molecule has 1 saturated heterocycles. The highest BCUT2D eigenvalue weighted by Gasteiger charge is 2.52. The van der Waals surface area contributed by atoms with E-state index < -0.39 is 5.41 Å². The highest BCUT2D eigenvalue weighted by Crippen LogP contribution is 2.51. The van der Waals surface area contributed by atoms with Crippen molar-refractivity contribution < 1.29 is 18.7 Å². The Morgan fingerprint density at radius 3 is 2.56 bits per heavy atom. The van der Waals surface area contributed by atoms with E-state index in [4.69, 9.17) is 4.74 Å². The number of fused-ring (bicyclic) bond motifs is 2. The molecular formula is C19H23FN2O3. The minimum absolute atomic E-state index is 0.0225. The molecular weight excluding hydrogens is 323 g/mol. The lowest BCUT2D eigenvalue weighted by molar-refractivity contribution is -0.146. The predicted molar refractivity (Wildman–Crippen MR) is 92.3 cm³/mol. The van der Waals surface area contributed by atoms with E-state index in [-0.39, 0.29) is 23.6 Å². The van der Waals surface area contributed by atoms with Gasteiger partial charge in [-0.15, -0.1) is 0 Å². The molecule has 6 heteroatoms. The molecule has 0 radical (unpaired) electrons. The van der Waals surface area contributed by atoms with Crippen molar-refractivity contribution in [3.8, 4) is 0 Å². The molecule has 1 aromatic rings. The van der Waals surface area contributed by atoms with E-state index in [1.807, 2.05) is 11.0 Å². The van der Waals surface area contributed by atoms with Crippen LogP contribution in [0.15, 0.2) is 12.1 Å². The number of anilines is 2. The van der Waals surface area contributed by atoms with Crippen molar-refractivity contribution in [3.63, 3.8) is 0 Å². The summed E-state index contributed by atoms with van der Waals surface area (Å²) in [7, 11) is 3.12. The third-order valence-electron chi connectivity index (χ3n) is 6.10. The lowest BCUT2D eigenvalue weighted by Gasteiger charge is -2.39. The normalized spacial score (nSPS) is 22.1. The standard InChI is InChI=1S/C19H23FN2O3/c1-21-15-9-13(22-10-12(11-22)17(23)25-2)8-14(20)16(15)19(18(21)24)6-4-3-5-7-19/h8-9,12H,3-7,10-11H2,1-2H3. The van der Waals surface area contributed by atoms with Crippen LogP contribution in [0, 0.1) is 11.7 Å². The number of halogens is 1. The van der Waals surface area contributed by atoms with Crippen molar-refractivity contribution in [1.82, 2.24) is 0 Å². The molecule has 134 valence electrons. The smallest absolute Gasteiger partial charge is 0.312 e. The summed E-state index contributed by atoms with van der Waals surface area (Å²) in [5, 5.41) is 0. The zero-order valence-corrected chi connectivity index (χ0v) is 14.7. The van der Waals surface area contributed by atoms with Gasteiger partial charge in [0.05, 0.1) is 24.1 Å². The Labute approximate surface area is 146 Å². The lowest BCUT2D eigenvalue weighted by Crippen LogP contribution is -2.51. The van der Waals surface area contributed by atoms with Gasteiger partial charge in [-0.2, -0.15) is 0 Å². The molecule has 2 heterocycles. The quantitative estimate of drug-likeness (QED) is 0.773. The molecule has 0 N–H and O–H groups in total. The highest BCUT2D eigenvalue weighted by molar-refractivity contribution is 6.08. The van der Waals surface area contributed by atoms with Crippen LogP contribution < -0.4 is 9.80 Å². The van der Waals surface area contributed by atoms with Gasteiger partial charge in [-0.25, -0.2) is 4.39 Å². The second-order valence-electron chi connectivity index (χ2n) is 7.45. The average Bonchev–Trinajstić information content (AvgIpc) is 2.77. The maximum Gasteiger partial charge on any atom is 0.312 e. The summed E-state index contributed by atoms with van der Waals surface area (Å²) in [5.74, 6) is -0.667. The van der Waals surface area contributed by atoms with Crippen LogP contribution in [0.1, 0.15) is 37.7 Å². The molecule has 2 fully saturated rings. The fraction of sp³-hybridized carbons (Fsp3) is 0.579. The van der Waals surface area contributed by atoms with Crippen LogP contribution in [0.2, 0.25) is 0 Å². The summed E-state index contributed by atoms with van der Waals surface area (Å²) in [5.41, 5.74) is 1.31. The fourth-order valence-corrected chi connectivity index (χ4v) is 4.66. The van der Waals surface area contributed by atoms with Crippen molar-refractivity contribution >= 4 is 23.3 Å². The first-order chi connectivity index (χ1) is 12.0. The third kappa shape index (κ3) is 2.26. The minimum atomic E-state index is -0.672. The summed E-state index contributed by atoms with van der Waals surface area (Å²) >= 11 is 0. The van der Waals surface area contributed by atoms with Crippen LogP contribution in [0.25, 0.3) is 0 Å². The molecule has 25 heavy (non-hydrogen) atoms. The van der Waals surface area contributed by atoms with Gasteiger partial charge in [0.2, 0.25) is 5.91 Å². The third-order valence-corrected chi connectivity index (χ3v) is 6.10. The Morgan fingerprint density at radius 1 is 1.24 bits per heavy atom. The Kier molecular flexibility index (Phi) is 3.74. The van der Waals surface area contributed by atoms with Gasteiger partial charge in [0.15, 0.2) is 0 Å². The molecule has 4 rings (SSSR count). The Balaban J connectivity index is 1.67. The van der Waals surface area contributed by atoms with Gasteiger partial charge in [-0.1, -0.05) is 19.3 Å². The van der Waals surface area contributed by atoms with Crippen LogP contribution in [-0.4, -0.2) is 39.1 Å². The number of likely N-dealkylation sites (N-methyl/N-ethyl adjacent to an activating group) is 1. The molecule has 0 bridgehead atoms. The van der Waals surface area contributed by atoms with Crippen molar-refractivity contribution in [2.75, 3.05) is 37.0 Å². The number of methoxy groups -OCH3 is 1. The molecule has 1 saturated carbocycles. The van der Waals surface area contributed by atoms with Gasteiger partial charge in [-0.3, -0.25) is 9.59 Å². The summed E-state index contributed by atoms with van der Waals surface area (Å²) < 4.78 is 19.8. The molecule has 1 aromatic carbocycles. The second-order valence-corrected chi connectivity index (χ2v) is 7.45. The number of rotatable bonds is 2. The average molecular weight is 346 g/mol. The van der Waals surface area contributed by atoms with E-state index in [1.165, 1.54) is 13.2 Å². The van der Waals surface area contributed by atoms with Crippen LogP contribution in [0.4, 0.5) is 15.8 Å². The number of hydrogen-bond donors (Lipinski definition) is 0. The molecule has 0 unspecified atom stereocenters. The van der Waals surface area contributed by atoms with Gasteiger partial charge < -0.3 is 14.5 Å². The van der Waals surface area contributed by atoms with E-state index >= 15 is 4.39 Å². The Bertz CT molecular complexity index is 736. The molecule has 5 nitrogen and oxygen atoms in total. The molecule has 0 atom stereocenters. The largest absolute Gasteiger partial charge is 0.469 e. The van der Waals surface area contributed by atoms with Crippen LogP contribution in [0.3, 0.4) is 0 Å². The number of carbonyl (C=O) groups excluding carboxylic acids is 2. The summed E-state index contributed by atoms with van der Waals surface area (Å²) in [6.45, 7) is 1.04. The topological polar surface area (TPSA) is 49.9 Å². The summed E-state index contributed by atoms with van der Waals surface area (Å²) in [6.07, 6.45) is 4.50. The first-order valence-corrected chi connectivity index (χ1v) is 8.93. The van der Waals surface area contributed by atoms with Gasteiger partial charge >= 0.3 is 5.97 Å². The van der Waals surface area contributed by atoms with E-state index in [0.29, 0.717) is 24.3 Å². The van der Waals surface area contributed by atoms with Crippen LogP contribution in [-0.2, 0) is 19.7 Å². The number of benzene rings is 1. The van der Waals surface area contributed by atoms with E-state index in [0.717, 1.165) is 37.8 Å². The van der Waals surface area contributed by atoms with Gasteiger partial charge in [0, 0.05) is 31.4 Å². The SMILES string of the molecule is COC(=O)C1CN(c2cc(F)c3c(c2)N(C)C(=O)C32CCCCC2)C1. The first-order valence-electron chi connectivity index (χ1n) is 8.93. The van der Waals surface area contributed by atoms with Crippen molar-refractivity contribution in [2.45, 2.75) is 37.5 Å². The molecule has 3 aliphatic rings. The van der Waals surface area contributed by atoms with Crippen molar-refractivity contribution in [3.05, 3.63) is 23.5 Å². The second kappa shape index (κ2) is 5.71. The predicted octanol–water partition coefficient (Wildman–Crippen LogP) is 2.61. The number of nitrogens with zero attached hydrogens (tertiary/aromatic N) is 2. The monoisotopic (exact) mass is 346 g/mol. The van der Waals surface area contributed by atoms with Gasteiger partial charge in [0.25, 0.3) is 0 Å². The van der Waals surface area contributed by atoms with E-state index in [2.05, 4.69) is 0 Å². The number of ether oxygens (including phenoxy) is 1. The van der Waals surface area contributed by atoms with Gasteiger partial charge in [0.1, 0.15) is 5.82 Å². The molecule has 0 aromatic heterocycles.